The predicted molar refractivity (Wildman–Crippen MR) is 87.9 cm³/mol. The molecule has 0 unspecified atom stereocenters. The van der Waals surface area contributed by atoms with Crippen molar-refractivity contribution in [2.24, 2.45) is 5.41 Å². The topological polar surface area (TPSA) is 82.8 Å². The first kappa shape index (κ1) is 17.7. The zero-order valence-corrected chi connectivity index (χ0v) is 14.2. The molecule has 0 N–H and O–H groups in total. The highest BCUT2D eigenvalue weighted by atomic mass is 16.6. The lowest BCUT2D eigenvalue weighted by molar-refractivity contribution is -0.160. The second-order valence-electron chi connectivity index (χ2n) is 6.68. The summed E-state index contributed by atoms with van der Waals surface area (Å²) in [6, 6.07) is 6.66. The number of ether oxygens (including phenoxy) is 2. The van der Waals surface area contributed by atoms with Gasteiger partial charge in [-0.3, -0.25) is 9.59 Å². The van der Waals surface area contributed by atoms with Crippen LogP contribution in [0, 0.1) is 5.41 Å². The van der Waals surface area contributed by atoms with E-state index in [1.807, 2.05) is 20.8 Å². The van der Waals surface area contributed by atoms with Crippen molar-refractivity contribution >= 4 is 22.7 Å². The Morgan fingerprint density at radius 3 is 2.50 bits per heavy atom. The van der Waals surface area contributed by atoms with Gasteiger partial charge < -0.3 is 13.9 Å². The third kappa shape index (κ3) is 4.44. The second-order valence-corrected chi connectivity index (χ2v) is 6.68. The Morgan fingerprint density at radius 1 is 1.17 bits per heavy atom. The number of rotatable bonds is 4. The molecule has 0 spiro atoms. The maximum absolute atomic E-state index is 12.1. The minimum atomic E-state index is -0.755. The van der Waals surface area contributed by atoms with Crippen LogP contribution in [0.15, 0.2) is 33.5 Å². The summed E-state index contributed by atoms with van der Waals surface area (Å²) < 4.78 is 15.0. The first-order valence-corrected chi connectivity index (χ1v) is 7.53. The van der Waals surface area contributed by atoms with Gasteiger partial charge >= 0.3 is 17.6 Å². The number of fused-ring (bicyclic) bond motifs is 1. The van der Waals surface area contributed by atoms with Crippen LogP contribution >= 0.6 is 0 Å². The normalized spacial score (nSPS) is 11.3. The number of carbonyl (C=O) groups is 2. The maximum atomic E-state index is 12.1. The lowest BCUT2D eigenvalue weighted by atomic mass is 9.92. The standard InChI is InChI=1S/C18H20O6/c1-18(2,3)10-15(20)24-14(19)9-12-8-11-6-5-7-13(22-4)16(11)17(21)23-12/h5-8H,9-10H2,1-4H3. The third-order valence-electron chi connectivity index (χ3n) is 3.24. The molecule has 0 fully saturated rings. The molecule has 6 nitrogen and oxygen atoms in total. The highest BCUT2D eigenvalue weighted by molar-refractivity contribution is 5.89. The molecule has 0 saturated carbocycles. The summed E-state index contributed by atoms with van der Waals surface area (Å²) in [5.41, 5.74) is -0.877. The van der Waals surface area contributed by atoms with Gasteiger partial charge in [0.25, 0.3) is 0 Å². The van der Waals surface area contributed by atoms with Gasteiger partial charge in [-0.1, -0.05) is 32.9 Å². The molecule has 0 amide bonds. The van der Waals surface area contributed by atoms with E-state index >= 15 is 0 Å². The smallest absolute Gasteiger partial charge is 0.347 e. The molecule has 24 heavy (non-hydrogen) atoms. The van der Waals surface area contributed by atoms with Gasteiger partial charge in [0.05, 0.1) is 13.5 Å². The van der Waals surface area contributed by atoms with Crippen LogP contribution in [-0.2, 0) is 20.7 Å². The van der Waals surface area contributed by atoms with Gasteiger partial charge in [0.15, 0.2) is 0 Å². The quantitative estimate of drug-likeness (QED) is 0.632. The number of methoxy groups -OCH3 is 1. The van der Waals surface area contributed by atoms with Gasteiger partial charge in [-0.05, 0) is 22.9 Å². The summed E-state index contributed by atoms with van der Waals surface area (Å²) in [7, 11) is 1.46. The zero-order chi connectivity index (χ0) is 17.9. The van der Waals surface area contributed by atoms with Crippen molar-refractivity contribution < 1.29 is 23.5 Å². The summed E-state index contributed by atoms with van der Waals surface area (Å²) in [6.45, 7) is 5.61. The molecule has 0 atom stereocenters. The highest BCUT2D eigenvalue weighted by Crippen LogP contribution is 2.23. The van der Waals surface area contributed by atoms with Crippen LogP contribution in [0.3, 0.4) is 0 Å². The van der Waals surface area contributed by atoms with Crippen LogP contribution in [0.4, 0.5) is 0 Å². The monoisotopic (exact) mass is 332 g/mol. The van der Waals surface area contributed by atoms with Crippen molar-refractivity contribution in [2.45, 2.75) is 33.6 Å². The molecular formula is C18H20O6. The fraction of sp³-hybridized carbons (Fsp3) is 0.389. The lowest BCUT2D eigenvalue weighted by Gasteiger charge is -2.15. The fourth-order valence-electron chi connectivity index (χ4n) is 2.29. The number of esters is 2. The fourth-order valence-corrected chi connectivity index (χ4v) is 2.29. The minimum Gasteiger partial charge on any atom is -0.496 e. The maximum Gasteiger partial charge on any atom is 0.347 e. The molecule has 2 aromatic rings. The minimum absolute atomic E-state index is 0.123. The Labute approximate surface area is 139 Å². The van der Waals surface area contributed by atoms with E-state index in [1.165, 1.54) is 7.11 Å². The van der Waals surface area contributed by atoms with Crippen LogP contribution in [0.5, 0.6) is 5.75 Å². The molecule has 0 saturated heterocycles. The summed E-state index contributed by atoms with van der Waals surface area (Å²) in [5, 5.41) is 0.898. The molecule has 0 aliphatic heterocycles. The number of hydrogen-bond donors (Lipinski definition) is 0. The van der Waals surface area contributed by atoms with E-state index in [-0.39, 0.29) is 24.0 Å². The number of hydrogen-bond acceptors (Lipinski definition) is 6. The summed E-state index contributed by atoms with van der Waals surface area (Å²) >= 11 is 0. The second kappa shape index (κ2) is 6.86. The van der Waals surface area contributed by atoms with E-state index < -0.39 is 17.6 Å². The first-order valence-electron chi connectivity index (χ1n) is 7.53. The Bertz CT molecular complexity index is 825. The third-order valence-corrected chi connectivity index (χ3v) is 3.24. The van der Waals surface area contributed by atoms with Crippen molar-refractivity contribution in [3.05, 3.63) is 40.4 Å². The molecule has 1 aromatic carbocycles. The lowest BCUT2D eigenvalue weighted by Crippen LogP contribution is -2.20. The molecular weight excluding hydrogens is 312 g/mol. The van der Waals surface area contributed by atoms with Gasteiger partial charge in [0.2, 0.25) is 0 Å². The molecule has 1 heterocycles. The number of benzene rings is 1. The molecule has 2 rings (SSSR count). The van der Waals surface area contributed by atoms with Crippen molar-refractivity contribution in [2.75, 3.05) is 7.11 Å². The van der Waals surface area contributed by atoms with Crippen LogP contribution in [0.25, 0.3) is 10.8 Å². The van der Waals surface area contributed by atoms with Crippen molar-refractivity contribution in [1.82, 2.24) is 0 Å². The first-order chi connectivity index (χ1) is 11.2. The molecule has 0 aliphatic rings. The van der Waals surface area contributed by atoms with Crippen molar-refractivity contribution in [1.29, 1.82) is 0 Å². The predicted octanol–water partition coefficient (Wildman–Crippen LogP) is 2.85. The van der Waals surface area contributed by atoms with Gasteiger partial charge in [-0.25, -0.2) is 4.79 Å². The van der Waals surface area contributed by atoms with Crippen LogP contribution in [-0.4, -0.2) is 19.0 Å². The van der Waals surface area contributed by atoms with E-state index in [4.69, 9.17) is 13.9 Å². The Hall–Kier alpha value is -2.63. The summed E-state index contributed by atoms with van der Waals surface area (Å²) in [5.74, 6) is -0.822. The Balaban J connectivity index is 2.17. The van der Waals surface area contributed by atoms with E-state index in [0.717, 1.165) is 0 Å². The zero-order valence-electron chi connectivity index (χ0n) is 14.2. The van der Waals surface area contributed by atoms with Gasteiger partial charge in [-0.15, -0.1) is 0 Å². The highest BCUT2D eigenvalue weighted by Gasteiger charge is 2.20. The van der Waals surface area contributed by atoms with E-state index in [2.05, 4.69) is 0 Å². The largest absolute Gasteiger partial charge is 0.496 e. The van der Waals surface area contributed by atoms with E-state index in [0.29, 0.717) is 16.5 Å². The SMILES string of the molecule is COc1cccc2cc(CC(=O)OC(=O)CC(C)(C)C)oc(=O)c12. The average Bonchev–Trinajstić information content (AvgIpc) is 2.43. The average molecular weight is 332 g/mol. The molecule has 1 aromatic heterocycles. The van der Waals surface area contributed by atoms with E-state index in [9.17, 15) is 14.4 Å². The van der Waals surface area contributed by atoms with Crippen LogP contribution in [0.2, 0.25) is 0 Å². The molecule has 0 bridgehead atoms. The Morgan fingerprint density at radius 2 is 1.88 bits per heavy atom. The molecule has 0 radical (unpaired) electrons. The summed E-state index contributed by atoms with van der Waals surface area (Å²) in [6.07, 6.45) is -0.171. The molecule has 0 aliphatic carbocycles. The summed E-state index contributed by atoms with van der Waals surface area (Å²) in [4.78, 5) is 35.6. The Kier molecular flexibility index (Phi) is 5.07. The van der Waals surface area contributed by atoms with E-state index in [1.54, 1.807) is 24.3 Å². The molecule has 128 valence electrons. The molecule has 6 heteroatoms. The van der Waals surface area contributed by atoms with Crippen molar-refractivity contribution in [3.8, 4) is 5.75 Å². The van der Waals surface area contributed by atoms with Crippen molar-refractivity contribution in [3.63, 3.8) is 0 Å². The number of carbonyl (C=O) groups excluding carboxylic acids is 2. The van der Waals surface area contributed by atoms with Crippen LogP contribution < -0.4 is 10.4 Å². The van der Waals surface area contributed by atoms with Gasteiger partial charge in [0.1, 0.15) is 23.3 Å². The van der Waals surface area contributed by atoms with Gasteiger partial charge in [0, 0.05) is 0 Å². The van der Waals surface area contributed by atoms with Crippen LogP contribution in [0.1, 0.15) is 33.0 Å². The van der Waals surface area contributed by atoms with Gasteiger partial charge in [-0.2, -0.15) is 0 Å².